The van der Waals surface area contributed by atoms with Crippen LogP contribution in [0.4, 0.5) is 0 Å². The van der Waals surface area contributed by atoms with E-state index in [4.69, 9.17) is 184 Å². The predicted molar refractivity (Wildman–Crippen MR) is 591 cm³/mol. The van der Waals surface area contributed by atoms with Gasteiger partial charge in [0, 0.05) is 86.7 Å². The molecule has 4 aromatic rings. The third-order valence-corrected chi connectivity index (χ3v) is 22.3. The predicted octanol–water partition coefficient (Wildman–Crippen LogP) is 7.36. The van der Waals surface area contributed by atoms with Gasteiger partial charge in [-0.3, -0.25) is 0 Å². The molecule has 1 saturated carbocycles. The van der Waals surface area contributed by atoms with Gasteiger partial charge in [0.2, 0.25) is 0 Å². The highest BCUT2D eigenvalue weighted by Gasteiger charge is 2.25. The zero-order chi connectivity index (χ0) is 115. The smallest absolute Gasteiger partial charge is 0.104 e. The van der Waals surface area contributed by atoms with E-state index in [0.717, 1.165) is 105 Å². The fraction of sp³-hybridized carbons (Fsp3) is 0.730. The molecule has 4 aromatic carbocycles. The Bertz CT molecular complexity index is 3010. The summed E-state index contributed by atoms with van der Waals surface area (Å²) in [6.45, 7) is 19.0. The summed E-state index contributed by atoms with van der Waals surface area (Å²) in [5.41, 5.74) is 4.41. The molecule has 0 amide bonds. The van der Waals surface area contributed by atoms with Crippen molar-refractivity contribution >= 4 is 27.5 Å². The van der Waals surface area contributed by atoms with Crippen molar-refractivity contribution in [2.24, 2.45) is 34.5 Å². The van der Waals surface area contributed by atoms with Gasteiger partial charge < -0.3 is 178 Å². The first-order chi connectivity index (χ1) is 71.1. The molecule has 1 fully saturated rings. The fourth-order valence-electron chi connectivity index (χ4n) is 10.3. The van der Waals surface area contributed by atoms with Crippen LogP contribution in [-0.2, 0) is 47.2 Å². The van der Waals surface area contributed by atoms with Crippen molar-refractivity contribution in [3.63, 3.8) is 0 Å². The molecule has 0 bridgehead atoms. The average molecular weight is 2220 g/mol. The highest BCUT2D eigenvalue weighted by molar-refractivity contribution is 9.09. The van der Waals surface area contributed by atoms with E-state index < -0.39 is 42.7 Å². The highest BCUT2D eigenvalue weighted by Crippen LogP contribution is 2.29. The zero-order valence-electron chi connectivity index (χ0n) is 91.0. The van der Waals surface area contributed by atoms with E-state index in [1.54, 1.807) is 58.9 Å². The molecule has 0 spiro atoms. The molecule has 878 valence electrons. The third-order valence-electron chi connectivity index (χ3n) is 20.9. The van der Waals surface area contributed by atoms with Crippen LogP contribution in [0.1, 0.15) is 257 Å². The van der Waals surface area contributed by atoms with Crippen LogP contribution < -0.4 is 0 Å². The molecule has 37 heteroatoms. The Morgan fingerprint density at radius 3 is 0.885 bits per heavy atom. The molecule has 0 aromatic heterocycles. The van der Waals surface area contributed by atoms with Gasteiger partial charge in [-0.05, 0) is 125 Å². The summed E-state index contributed by atoms with van der Waals surface area (Å²) < 4.78 is 15.7. The monoisotopic (exact) mass is 2220 g/mol. The van der Waals surface area contributed by atoms with Crippen LogP contribution in [0.2, 0.25) is 0 Å². The Balaban J connectivity index is -0.000000152. The molecule has 1 aliphatic carbocycles. The summed E-state index contributed by atoms with van der Waals surface area (Å²) >= 11 is 8.36. The van der Waals surface area contributed by atoms with Crippen LogP contribution in [-0.4, -0.2) is 389 Å². The molecule has 32 N–H and O–H groups in total. The van der Waals surface area contributed by atoms with Crippen molar-refractivity contribution in [2.45, 2.75) is 311 Å². The fourth-order valence-corrected chi connectivity index (χ4v) is 10.9. The van der Waals surface area contributed by atoms with E-state index in [2.05, 4.69) is 48.5 Å². The summed E-state index contributed by atoms with van der Waals surface area (Å²) in [5.74, 6) is 5.74. The lowest BCUT2D eigenvalue weighted by molar-refractivity contribution is -0.0284. The second kappa shape index (κ2) is 136. The van der Waals surface area contributed by atoms with E-state index in [1.165, 1.54) is 101 Å². The van der Waals surface area contributed by atoms with Gasteiger partial charge in [-0.15, -0.1) is 11.6 Å². The average Bonchev–Trinajstić information content (AvgIpc) is 0.756. The Hall–Kier alpha value is -4.71. The van der Waals surface area contributed by atoms with E-state index in [1.807, 2.05) is 97.9 Å². The number of halogens is 2. The van der Waals surface area contributed by atoms with Gasteiger partial charge in [0.15, 0.2) is 0 Å². The zero-order valence-corrected chi connectivity index (χ0v) is 93.4. The van der Waals surface area contributed by atoms with Crippen LogP contribution in [0.3, 0.4) is 0 Å². The Morgan fingerprint density at radius 1 is 0.358 bits per heavy atom. The quantitative estimate of drug-likeness (QED) is 0.00888. The highest BCUT2D eigenvalue weighted by atomic mass is 79.9. The minimum atomic E-state index is -0.774. The summed E-state index contributed by atoms with van der Waals surface area (Å²) in [7, 11) is 0. The Kier molecular flexibility index (Phi) is 153. The molecule has 0 heterocycles. The first kappa shape index (κ1) is 166. The number of aliphatic hydroxyl groups is 32. The summed E-state index contributed by atoms with van der Waals surface area (Å²) in [5, 5.41) is 273. The van der Waals surface area contributed by atoms with Crippen molar-refractivity contribution in [3.8, 4) is 11.8 Å². The van der Waals surface area contributed by atoms with Crippen LogP contribution in [0.15, 0.2) is 140 Å². The SMILES string of the molecule is CC(C)(CO)CO.CC(O)C(C)O.CC(O)CCO.CCCCC(CC)(CO)CO.CCCCCCCCC(O)CO.CCCCCCCCCCC(O)CO.OC/C=C/CO.OC/C=C\CO.OCC#CCO.OCC(CO)CBr.OCC(CO)CCl.OCC(CO)OCc1ccccc1.OCC(O)COCc1ccccc1.OCC1CCC(CO)CC1.OCCC(O)COCc1ccccc1.OCc1ccc(CO)cc1. The molecule has 7 unspecified atom stereocenters. The van der Waals surface area contributed by atoms with Crippen LogP contribution >= 0.6 is 27.5 Å². The lowest BCUT2D eigenvalue weighted by Crippen LogP contribution is -2.28. The summed E-state index contributed by atoms with van der Waals surface area (Å²) in [6, 6.07) is 36.3. The van der Waals surface area contributed by atoms with Crippen LogP contribution in [0.25, 0.3) is 0 Å². The molecule has 0 radical (unpaired) electrons. The molecule has 35 nitrogen and oxygen atoms in total. The maximum atomic E-state index is 9.24. The van der Waals surface area contributed by atoms with Gasteiger partial charge in [-0.1, -0.05) is 312 Å². The van der Waals surface area contributed by atoms with Gasteiger partial charge in [0.05, 0.1) is 169 Å². The van der Waals surface area contributed by atoms with Crippen LogP contribution in [0.5, 0.6) is 0 Å². The number of benzene rings is 4. The number of rotatable bonds is 59. The van der Waals surface area contributed by atoms with E-state index in [-0.39, 0.29) is 194 Å². The van der Waals surface area contributed by atoms with Crippen LogP contribution in [0, 0.1) is 46.3 Å². The molecular weight excluding hydrogens is 2010 g/mol. The van der Waals surface area contributed by atoms with Crippen molar-refractivity contribution < 1.29 is 178 Å². The van der Waals surface area contributed by atoms with Gasteiger partial charge in [-0.25, -0.2) is 0 Å². The topological polar surface area (TPSA) is 675 Å². The van der Waals surface area contributed by atoms with Crippen molar-refractivity contribution in [1.82, 2.24) is 0 Å². The third kappa shape index (κ3) is 135. The largest absolute Gasteiger partial charge is 0.396 e. The maximum absolute atomic E-state index is 9.24. The number of hydrogen-bond donors (Lipinski definition) is 32. The number of alkyl halides is 2. The Morgan fingerprint density at radius 2 is 0.676 bits per heavy atom. The minimum absolute atomic E-state index is 0.00410. The van der Waals surface area contributed by atoms with Gasteiger partial charge in [0.25, 0.3) is 0 Å². The Labute approximate surface area is 901 Å². The van der Waals surface area contributed by atoms with Gasteiger partial charge in [0.1, 0.15) is 25.4 Å². The minimum Gasteiger partial charge on any atom is -0.396 e. The second-order valence-corrected chi connectivity index (χ2v) is 36.3. The first-order valence-electron chi connectivity index (χ1n) is 51.9. The van der Waals surface area contributed by atoms with E-state index >= 15 is 0 Å². The van der Waals surface area contributed by atoms with Gasteiger partial charge >= 0.3 is 0 Å². The summed E-state index contributed by atoms with van der Waals surface area (Å²) in [6.07, 6.45) is 30.1. The molecule has 5 rings (SSSR count). The first-order valence-corrected chi connectivity index (χ1v) is 53.6. The normalized spacial score (nSPS) is 13.5. The van der Waals surface area contributed by atoms with Crippen molar-refractivity contribution in [3.05, 3.63) is 167 Å². The number of hydrogen-bond acceptors (Lipinski definition) is 35. The molecule has 148 heavy (non-hydrogen) atoms. The molecule has 0 aliphatic heterocycles. The standard InChI is InChI=1S/C12H26O2.C11H16O3.2C10H14O3.C10H22O2.C9H20O2.C8H16O2.C8H10O2.C5H12O2.C4H9BrO2.C4H9ClO2.2C4H10O2.2C4H8O2.C4H6O2/c1-2-3-4-5-6-7-8-9-10-12(14)11-13;12-7-6-11(13)9-14-8-10-4-2-1-3-5-10;11-6-10(7-12)13-8-9-4-2-1-3-5-9;11-6-10(12)8-13-7-9-4-2-1-3-5-9;1-2-3-4-5-6-7-8-10(12)9-11;1-3-5-6-9(4-2,7-10)8-11;2*9-5-7-1-2-8(6-10)4-3-7;1-5(2,3-6)4-7;2*5-1-4(2-6)3-7;1-4(6)2-3-5;1-3(5)4(2)6;3*5-3-1-2-4-6/h12-14H,2-11H2,1H3;1-5,11-13H,6-9H2;2*1-5,10-12H,6-8H2;10-12H,2-9H2,1H3;10-11H,3-8H2,1-2H3;7-10H,1-6H2;1-4,9-10H,5-6H2;6-7H,3-4H2,1-2H3;2*4,6-7H,1-3H2;4-6H,2-3H2,1H3;3-6H,1-2H3;2*1-2,5-6H,3-4H2;5-6H,3-4H2/b;;;;;;;;;;;;;2-1+;2-1-;. The summed E-state index contributed by atoms with van der Waals surface area (Å²) in [4.78, 5) is 0. The number of unbranched alkanes of at least 4 members (excludes halogenated alkanes) is 13. The molecular formula is C111H210BrClO35. The van der Waals surface area contributed by atoms with Crippen molar-refractivity contribution in [1.29, 1.82) is 0 Å². The van der Waals surface area contributed by atoms with Gasteiger partial charge in [-0.2, -0.15) is 0 Å². The molecule has 0 saturated heterocycles. The van der Waals surface area contributed by atoms with Crippen molar-refractivity contribution in [2.75, 3.05) is 176 Å². The molecule has 7 atom stereocenters. The van der Waals surface area contributed by atoms with E-state index in [0.29, 0.717) is 68.9 Å². The lowest BCUT2D eigenvalue weighted by Gasteiger charge is -2.27. The second-order valence-electron chi connectivity index (χ2n) is 35.4. The maximum Gasteiger partial charge on any atom is 0.104 e. The lowest BCUT2D eigenvalue weighted by atomic mass is 9.82. The number of aliphatic hydroxyl groups excluding tert-OH is 32. The number of ether oxygens (including phenoxy) is 3. The van der Waals surface area contributed by atoms with E-state index in [9.17, 15) is 5.11 Å². The molecule has 1 aliphatic rings.